The van der Waals surface area contributed by atoms with E-state index in [0.717, 1.165) is 5.76 Å². The first-order valence-electron chi connectivity index (χ1n) is 6.40. The number of thioether (sulfide) groups is 1. The molecule has 1 N–H and O–H groups in total. The Hall–Kier alpha value is -0.940. The van der Waals surface area contributed by atoms with Gasteiger partial charge in [0.05, 0.1) is 18.1 Å². The molecule has 4 nitrogen and oxygen atoms in total. The lowest BCUT2D eigenvalue weighted by Crippen LogP contribution is -2.35. The van der Waals surface area contributed by atoms with Gasteiger partial charge >= 0.3 is 0 Å². The molecule has 0 spiro atoms. The third-order valence-corrected chi connectivity index (χ3v) is 3.90. The number of carbonyl (C=O) groups is 1. The molecular formula is C14H24N2O2S. The Balaban J connectivity index is 2.43. The van der Waals surface area contributed by atoms with Gasteiger partial charge in [-0.05, 0) is 26.2 Å². The van der Waals surface area contributed by atoms with Gasteiger partial charge in [0.1, 0.15) is 5.76 Å². The van der Waals surface area contributed by atoms with Gasteiger partial charge in [-0.25, -0.2) is 0 Å². The van der Waals surface area contributed by atoms with Crippen LogP contribution >= 0.6 is 11.8 Å². The number of nitrogens with one attached hydrogen (secondary N) is 1. The van der Waals surface area contributed by atoms with Crippen LogP contribution in [0.4, 0.5) is 0 Å². The second kappa shape index (κ2) is 7.01. The summed E-state index contributed by atoms with van der Waals surface area (Å²) in [6.07, 6.45) is 1.66. The van der Waals surface area contributed by atoms with Crippen molar-refractivity contribution in [3.63, 3.8) is 0 Å². The van der Waals surface area contributed by atoms with Gasteiger partial charge in [0.2, 0.25) is 5.91 Å². The van der Waals surface area contributed by atoms with Crippen LogP contribution in [0.15, 0.2) is 22.8 Å². The van der Waals surface area contributed by atoms with E-state index in [2.05, 4.69) is 26.1 Å². The summed E-state index contributed by atoms with van der Waals surface area (Å²) in [6, 6.07) is 3.86. The largest absolute Gasteiger partial charge is 0.468 e. The monoisotopic (exact) mass is 284 g/mol. The fraction of sp³-hybridized carbons (Fsp3) is 0.643. The van der Waals surface area contributed by atoms with Crippen LogP contribution in [0.25, 0.3) is 0 Å². The van der Waals surface area contributed by atoms with Crippen LogP contribution in [0.5, 0.6) is 0 Å². The fourth-order valence-corrected chi connectivity index (χ4v) is 2.23. The highest BCUT2D eigenvalue weighted by Crippen LogP contribution is 2.22. The van der Waals surface area contributed by atoms with Gasteiger partial charge in [-0.1, -0.05) is 20.8 Å². The minimum atomic E-state index is 0.0679. The van der Waals surface area contributed by atoms with E-state index in [1.165, 1.54) is 0 Å². The molecule has 108 valence electrons. The number of rotatable bonds is 6. The Bertz CT molecular complexity index is 383. The number of furan rings is 1. The van der Waals surface area contributed by atoms with Gasteiger partial charge in [-0.2, -0.15) is 0 Å². The molecule has 0 saturated heterocycles. The van der Waals surface area contributed by atoms with Gasteiger partial charge < -0.3 is 9.73 Å². The zero-order valence-electron chi connectivity index (χ0n) is 12.4. The first-order chi connectivity index (χ1) is 8.79. The Morgan fingerprint density at radius 1 is 1.47 bits per heavy atom. The first-order valence-corrected chi connectivity index (χ1v) is 7.38. The van der Waals surface area contributed by atoms with Crippen LogP contribution in [0, 0.1) is 0 Å². The van der Waals surface area contributed by atoms with Crippen LogP contribution in [0.3, 0.4) is 0 Å². The van der Waals surface area contributed by atoms with Crippen LogP contribution in [0.1, 0.15) is 32.6 Å². The van der Waals surface area contributed by atoms with Gasteiger partial charge in [0.25, 0.3) is 0 Å². The topological polar surface area (TPSA) is 45.5 Å². The minimum Gasteiger partial charge on any atom is -0.468 e. The molecule has 1 amide bonds. The van der Waals surface area contributed by atoms with Gasteiger partial charge in [-0.15, -0.1) is 11.8 Å². The Morgan fingerprint density at radius 3 is 2.63 bits per heavy atom. The zero-order valence-corrected chi connectivity index (χ0v) is 13.2. The summed E-state index contributed by atoms with van der Waals surface area (Å²) in [4.78, 5) is 13.8. The van der Waals surface area contributed by atoms with Crippen molar-refractivity contribution in [2.45, 2.75) is 31.6 Å². The number of likely N-dealkylation sites (N-methyl/N-ethyl adjacent to an activating group) is 1. The second-order valence-electron chi connectivity index (χ2n) is 5.70. The van der Waals surface area contributed by atoms with Crippen molar-refractivity contribution in [3.05, 3.63) is 24.2 Å². The maximum Gasteiger partial charge on any atom is 0.230 e. The molecule has 0 saturated carbocycles. The summed E-state index contributed by atoms with van der Waals surface area (Å²) < 4.78 is 5.52. The van der Waals surface area contributed by atoms with Crippen molar-refractivity contribution in [1.29, 1.82) is 0 Å². The molecule has 0 bridgehead atoms. The molecule has 19 heavy (non-hydrogen) atoms. The van der Waals surface area contributed by atoms with Crippen molar-refractivity contribution in [3.8, 4) is 0 Å². The fourth-order valence-electron chi connectivity index (χ4n) is 1.56. The molecule has 0 aliphatic rings. The molecule has 1 aromatic heterocycles. The number of carbonyl (C=O) groups excluding carboxylic acids is 1. The molecule has 1 unspecified atom stereocenters. The molecule has 1 atom stereocenters. The molecule has 1 rings (SSSR count). The summed E-state index contributed by atoms with van der Waals surface area (Å²) >= 11 is 1.65. The van der Waals surface area contributed by atoms with Crippen molar-refractivity contribution in [2.75, 3.05) is 26.4 Å². The normalized spacial score (nSPS) is 13.6. The molecule has 0 radical (unpaired) electrons. The van der Waals surface area contributed by atoms with Crippen LogP contribution in [0.2, 0.25) is 0 Å². The van der Waals surface area contributed by atoms with Gasteiger partial charge in [0.15, 0.2) is 0 Å². The highest BCUT2D eigenvalue weighted by Gasteiger charge is 2.18. The first kappa shape index (κ1) is 16.1. The summed E-state index contributed by atoms with van der Waals surface area (Å²) in [5.41, 5.74) is 0. The molecule has 1 heterocycles. The van der Waals surface area contributed by atoms with Crippen LogP contribution in [-0.2, 0) is 4.79 Å². The van der Waals surface area contributed by atoms with E-state index in [4.69, 9.17) is 4.42 Å². The Kier molecular flexibility index (Phi) is 5.94. The van der Waals surface area contributed by atoms with Crippen LogP contribution in [-0.4, -0.2) is 41.9 Å². The lowest BCUT2D eigenvalue weighted by molar-refractivity contribution is -0.118. The summed E-state index contributed by atoms with van der Waals surface area (Å²) in [7, 11) is 3.95. The summed E-state index contributed by atoms with van der Waals surface area (Å²) in [6.45, 7) is 6.88. The predicted molar refractivity (Wildman–Crippen MR) is 80.4 cm³/mol. The number of nitrogens with zero attached hydrogens (tertiary/aromatic N) is 1. The molecule has 0 aliphatic carbocycles. The number of hydrogen-bond acceptors (Lipinski definition) is 4. The highest BCUT2D eigenvalue weighted by atomic mass is 32.2. The minimum absolute atomic E-state index is 0.0679. The van der Waals surface area contributed by atoms with Crippen LogP contribution < -0.4 is 5.32 Å². The third-order valence-electron chi connectivity index (χ3n) is 2.62. The van der Waals surface area contributed by atoms with E-state index < -0.39 is 0 Å². The van der Waals surface area contributed by atoms with E-state index in [0.29, 0.717) is 12.3 Å². The lowest BCUT2D eigenvalue weighted by atomic mass is 10.2. The zero-order chi connectivity index (χ0) is 14.5. The molecule has 0 aromatic carbocycles. The van der Waals surface area contributed by atoms with E-state index in [1.54, 1.807) is 18.0 Å². The predicted octanol–water partition coefficient (Wildman–Crippen LogP) is 2.53. The van der Waals surface area contributed by atoms with E-state index in [-0.39, 0.29) is 16.7 Å². The van der Waals surface area contributed by atoms with Gasteiger partial charge in [-0.3, -0.25) is 9.69 Å². The Morgan fingerprint density at radius 2 is 2.16 bits per heavy atom. The van der Waals surface area contributed by atoms with E-state index >= 15 is 0 Å². The van der Waals surface area contributed by atoms with Crippen molar-refractivity contribution in [1.82, 2.24) is 10.2 Å². The summed E-state index contributed by atoms with van der Waals surface area (Å²) in [5.74, 6) is 1.43. The van der Waals surface area contributed by atoms with Crippen molar-refractivity contribution < 1.29 is 9.21 Å². The standard InChI is InChI=1S/C14H24N2O2S/c1-14(2,3)19-10-13(17)15-9-11(16(4)5)12-7-6-8-18-12/h6-8,11H,9-10H2,1-5H3,(H,15,17). The maximum atomic E-state index is 11.8. The quantitative estimate of drug-likeness (QED) is 0.872. The van der Waals surface area contributed by atoms with Gasteiger partial charge in [0, 0.05) is 11.3 Å². The average molecular weight is 284 g/mol. The SMILES string of the molecule is CN(C)C(CNC(=O)CSC(C)(C)C)c1ccco1. The maximum absolute atomic E-state index is 11.8. The number of hydrogen-bond donors (Lipinski definition) is 1. The molecule has 0 aliphatic heterocycles. The third kappa shape index (κ3) is 6.16. The smallest absolute Gasteiger partial charge is 0.230 e. The van der Waals surface area contributed by atoms with E-state index in [1.807, 2.05) is 31.1 Å². The molecular weight excluding hydrogens is 260 g/mol. The van der Waals surface area contributed by atoms with Crippen molar-refractivity contribution >= 4 is 17.7 Å². The second-order valence-corrected chi connectivity index (χ2v) is 7.50. The summed E-state index contributed by atoms with van der Waals surface area (Å²) in [5, 5.41) is 2.96. The average Bonchev–Trinajstić information content (AvgIpc) is 2.78. The lowest BCUT2D eigenvalue weighted by Gasteiger charge is -2.23. The molecule has 5 heteroatoms. The Labute approximate surface area is 119 Å². The van der Waals surface area contributed by atoms with E-state index in [9.17, 15) is 4.79 Å². The molecule has 0 fully saturated rings. The highest BCUT2D eigenvalue weighted by molar-refractivity contribution is 8.01. The molecule has 1 aromatic rings. The van der Waals surface area contributed by atoms with Crippen molar-refractivity contribution in [2.24, 2.45) is 0 Å². The number of amides is 1.